The van der Waals surface area contributed by atoms with Gasteiger partial charge in [0.1, 0.15) is 24.5 Å². The third kappa shape index (κ3) is 6.39. The van der Waals surface area contributed by atoms with Crippen LogP contribution in [0, 0.1) is 19.8 Å². The Balaban J connectivity index is 0.000000192. The van der Waals surface area contributed by atoms with Crippen molar-refractivity contribution in [1.82, 2.24) is 28.5 Å². The van der Waals surface area contributed by atoms with Crippen LogP contribution in [-0.4, -0.2) is 101 Å². The SMILES string of the molecule is CC[C@]12CC(=O)N(C)[C@@H](C1C)[C@H](n1cc(C)c(=O)n(COCc3ccccc3)c1=O)O2.Cc1cn([C@@H]2O[C@@]3(CO)CC(=O)N(C)[C@H]2C3O)c(=O)[nH]c1=O. The minimum Gasteiger partial charge on any atom is -0.393 e. The summed E-state index contributed by atoms with van der Waals surface area (Å²) in [7, 11) is 3.25. The maximum Gasteiger partial charge on any atom is 0.335 e. The van der Waals surface area contributed by atoms with Gasteiger partial charge in [0.15, 0.2) is 12.5 Å². The Morgan fingerprint density at radius 2 is 1.45 bits per heavy atom. The number of rotatable bonds is 8. The molecular weight excluding hydrogens is 692 g/mol. The number of H-pyrrole nitrogens is 1. The van der Waals surface area contributed by atoms with Crippen molar-refractivity contribution in [1.29, 1.82) is 0 Å². The second-order valence-electron chi connectivity index (χ2n) is 14.4. The van der Waals surface area contributed by atoms with Crippen LogP contribution in [0.3, 0.4) is 0 Å². The van der Waals surface area contributed by atoms with Crippen molar-refractivity contribution in [3.63, 3.8) is 0 Å². The number of aromatic nitrogens is 4. The Labute approximate surface area is 303 Å². The first kappa shape index (κ1) is 38.1. The molecule has 17 heteroatoms. The Bertz CT molecular complexity index is 2130. The normalized spacial score (nSPS) is 30.4. The number of aryl methyl sites for hydroxylation is 2. The van der Waals surface area contributed by atoms with Crippen LogP contribution in [-0.2, 0) is 37.1 Å². The molecule has 2 unspecified atom stereocenters. The molecule has 3 N–H and O–H groups in total. The standard InChI is InChI=1S/C23H29N3O5.C13H17N3O6/c1-5-23-11-18(27)24(4)19(16(23)3)21(31-23)25-12-15(2)20(28)26(22(25)29)14-30-13-17-9-7-6-8-10-17;1-6-4-16(12(21)14-10(6)20)11-8-9(19)13(5-17,22-11)3-7(18)15(8)2/h6-10,12,16,19,21H,5,11,13-14H2,1-4H3;4,8-9,11,17,19H,3,5H2,1-2H3,(H,14,20,21)/t16?,19-,21+,23-;8-,9?,11+,13+/m00/s1. The first-order chi connectivity index (χ1) is 25.1. The number of aromatic amines is 1. The van der Waals surface area contributed by atoms with E-state index in [1.807, 2.05) is 37.3 Å². The highest BCUT2D eigenvalue weighted by molar-refractivity contribution is 5.80. The predicted molar refractivity (Wildman–Crippen MR) is 188 cm³/mol. The molecule has 1 aromatic carbocycles. The van der Waals surface area contributed by atoms with Crippen LogP contribution in [0.1, 0.15) is 62.3 Å². The van der Waals surface area contributed by atoms with E-state index in [2.05, 4.69) is 11.9 Å². The van der Waals surface area contributed by atoms with Crippen molar-refractivity contribution >= 4 is 11.8 Å². The van der Waals surface area contributed by atoms with E-state index >= 15 is 0 Å². The van der Waals surface area contributed by atoms with E-state index in [0.29, 0.717) is 24.0 Å². The molecule has 2 amide bonds. The maximum atomic E-state index is 13.3. The van der Waals surface area contributed by atoms with Gasteiger partial charge in [-0.1, -0.05) is 44.2 Å². The van der Waals surface area contributed by atoms with E-state index in [-0.39, 0.29) is 43.5 Å². The third-order valence-corrected chi connectivity index (χ3v) is 11.3. The number of carbonyl (C=O) groups is 2. The highest BCUT2D eigenvalue weighted by atomic mass is 16.6. The molecule has 0 aliphatic carbocycles. The van der Waals surface area contributed by atoms with Crippen LogP contribution in [0.25, 0.3) is 0 Å². The van der Waals surface area contributed by atoms with E-state index in [0.717, 1.165) is 14.7 Å². The number of likely N-dealkylation sites (N-methyl/N-ethyl adjacent to an activating group) is 2. The average molecular weight is 739 g/mol. The summed E-state index contributed by atoms with van der Waals surface area (Å²) in [5.41, 5.74) is -2.46. The second-order valence-corrected chi connectivity index (χ2v) is 14.4. The lowest BCUT2D eigenvalue weighted by molar-refractivity contribution is -0.158. The number of hydrogen-bond donors (Lipinski definition) is 3. The number of benzene rings is 1. The zero-order valence-corrected chi connectivity index (χ0v) is 30.6. The number of fused-ring (bicyclic) bond motifs is 4. The van der Waals surface area contributed by atoms with Gasteiger partial charge in [0, 0.05) is 43.5 Å². The quantitative estimate of drug-likeness (QED) is 0.274. The van der Waals surface area contributed by atoms with Crippen molar-refractivity contribution < 1.29 is 34.0 Å². The molecule has 4 aliphatic heterocycles. The lowest BCUT2D eigenvalue weighted by Crippen LogP contribution is -2.59. The fourth-order valence-electron chi connectivity index (χ4n) is 8.01. The smallest absolute Gasteiger partial charge is 0.335 e. The summed E-state index contributed by atoms with van der Waals surface area (Å²) in [4.78, 5) is 79.3. The Kier molecular flexibility index (Phi) is 10.3. The first-order valence-electron chi connectivity index (χ1n) is 17.5. The summed E-state index contributed by atoms with van der Waals surface area (Å²) in [5.74, 6) is -0.218. The number of aliphatic hydroxyl groups is 2. The van der Waals surface area contributed by atoms with E-state index in [1.165, 1.54) is 35.8 Å². The van der Waals surface area contributed by atoms with Gasteiger partial charge >= 0.3 is 11.4 Å². The van der Waals surface area contributed by atoms with Crippen molar-refractivity contribution in [2.75, 3.05) is 20.7 Å². The minimum absolute atomic E-state index is 0.0109. The molecule has 0 radical (unpaired) electrons. The molecule has 4 aliphatic rings. The highest BCUT2D eigenvalue weighted by Crippen LogP contribution is 2.50. The van der Waals surface area contributed by atoms with Crippen molar-refractivity contribution in [3.8, 4) is 0 Å². The fourth-order valence-corrected chi connectivity index (χ4v) is 8.01. The molecular formula is C36H46N6O11. The lowest BCUT2D eigenvalue weighted by atomic mass is 9.77. The Morgan fingerprint density at radius 1 is 0.868 bits per heavy atom. The molecule has 8 atom stereocenters. The predicted octanol–water partition coefficient (Wildman–Crippen LogP) is -0.266. The number of nitrogens with zero attached hydrogens (tertiary/aromatic N) is 5. The topological polar surface area (TPSA) is 208 Å². The number of amides is 2. The van der Waals surface area contributed by atoms with Gasteiger partial charge in [0.05, 0.1) is 37.7 Å². The van der Waals surface area contributed by atoms with Gasteiger partial charge in [0.2, 0.25) is 11.8 Å². The molecule has 6 heterocycles. The maximum absolute atomic E-state index is 13.3. The van der Waals surface area contributed by atoms with Gasteiger partial charge in [-0.3, -0.25) is 33.3 Å². The van der Waals surface area contributed by atoms with Crippen LogP contribution in [0.5, 0.6) is 0 Å². The molecule has 0 spiro atoms. The summed E-state index contributed by atoms with van der Waals surface area (Å²) in [6, 6.07) is 8.46. The average Bonchev–Trinajstić information content (AvgIpc) is 3.49. The number of piperidine rings is 2. The number of ether oxygens (including phenoxy) is 3. The molecule has 4 bridgehead atoms. The number of hydrogen-bond acceptors (Lipinski definition) is 11. The molecule has 4 saturated heterocycles. The summed E-state index contributed by atoms with van der Waals surface area (Å²) < 4.78 is 21.5. The molecule has 3 aromatic rings. The van der Waals surface area contributed by atoms with E-state index in [9.17, 15) is 39.0 Å². The van der Waals surface area contributed by atoms with Crippen LogP contribution < -0.4 is 22.5 Å². The number of aliphatic hydroxyl groups excluding tert-OH is 2. The Morgan fingerprint density at radius 3 is 2.09 bits per heavy atom. The zero-order valence-electron chi connectivity index (χ0n) is 30.6. The second kappa shape index (κ2) is 14.3. The zero-order chi connectivity index (χ0) is 38.6. The summed E-state index contributed by atoms with van der Waals surface area (Å²) in [6.07, 6.45) is 0.881. The van der Waals surface area contributed by atoms with Gasteiger partial charge in [-0.25, -0.2) is 14.2 Å². The van der Waals surface area contributed by atoms with Gasteiger partial charge < -0.3 is 34.2 Å². The molecule has 286 valence electrons. The van der Waals surface area contributed by atoms with Crippen molar-refractivity contribution in [2.24, 2.45) is 5.92 Å². The number of carbonyl (C=O) groups excluding carboxylic acids is 2. The molecule has 0 saturated carbocycles. The minimum atomic E-state index is -1.43. The van der Waals surface area contributed by atoms with Crippen LogP contribution >= 0.6 is 0 Å². The van der Waals surface area contributed by atoms with Gasteiger partial charge in [0.25, 0.3) is 11.1 Å². The molecule has 7 rings (SSSR count). The first-order valence-corrected chi connectivity index (χ1v) is 17.5. The number of likely N-dealkylation sites (tertiary alicyclic amines) is 2. The number of nitrogens with one attached hydrogen (secondary N) is 1. The molecule has 4 fully saturated rings. The summed E-state index contributed by atoms with van der Waals surface area (Å²) in [5, 5.41) is 20.0. The Hall–Kier alpha value is -4.68. The molecule has 2 aromatic heterocycles. The summed E-state index contributed by atoms with van der Waals surface area (Å²) in [6.45, 7) is 6.85. The van der Waals surface area contributed by atoms with Gasteiger partial charge in [-0.2, -0.15) is 0 Å². The van der Waals surface area contributed by atoms with E-state index in [4.69, 9.17) is 14.2 Å². The summed E-state index contributed by atoms with van der Waals surface area (Å²) >= 11 is 0. The van der Waals surface area contributed by atoms with E-state index < -0.39 is 64.9 Å². The molecule has 17 nitrogen and oxygen atoms in total. The monoisotopic (exact) mass is 738 g/mol. The van der Waals surface area contributed by atoms with Crippen LogP contribution in [0.4, 0.5) is 0 Å². The molecule has 53 heavy (non-hydrogen) atoms. The van der Waals surface area contributed by atoms with Crippen molar-refractivity contribution in [3.05, 3.63) is 101 Å². The van der Waals surface area contributed by atoms with Crippen LogP contribution in [0.15, 0.2) is 61.9 Å². The van der Waals surface area contributed by atoms with Gasteiger partial charge in [-0.15, -0.1) is 0 Å². The highest BCUT2D eigenvalue weighted by Gasteiger charge is 2.62. The van der Waals surface area contributed by atoms with Crippen LogP contribution in [0.2, 0.25) is 0 Å². The van der Waals surface area contributed by atoms with Crippen molar-refractivity contribution in [2.45, 2.75) is 102 Å². The van der Waals surface area contributed by atoms with E-state index in [1.54, 1.807) is 18.9 Å². The lowest BCUT2D eigenvalue weighted by Gasteiger charge is -2.40. The largest absolute Gasteiger partial charge is 0.393 e. The third-order valence-electron chi connectivity index (χ3n) is 11.3. The fraction of sp³-hybridized carbons (Fsp3) is 0.556. The van der Waals surface area contributed by atoms with Gasteiger partial charge in [-0.05, 0) is 25.8 Å².